The molecule has 0 saturated carbocycles. The van der Waals surface area contributed by atoms with Crippen LogP contribution in [0.3, 0.4) is 0 Å². The van der Waals surface area contributed by atoms with Crippen LogP contribution in [0.1, 0.15) is 35.7 Å². The zero-order chi connectivity index (χ0) is 19.6. The molecule has 4 N–H and O–H groups in total. The summed E-state index contributed by atoms with van der Waals surface area (Å²) in [6.07, 6.45) is 9.02. The van der Waals surface area contributed by atoms with Gasteiger partial charge in [-0.25, -0.2) is 0 Å². The second-order valence-electron chi connectivity index (χ2n) is 6.35. The zero-order valence-corrected chi connectivity index (χ0v) is 15.1. The molecule has 0 unspecified atom stereocenters. The van der Waals surface area contributed by atoms with Crippen molar-refractivity contribution in [2.75, 3.05) is 11.9 Å². The lowest BCUT2D eigenvalue weighted by molar-refractivity contribution is -0.136. The minimum Gasteiger partial charge on any atom is -0.366 e. The van der Waals surface area contributed by atoms with Crippen LogP contribution in [0, 0.1) is 5.92 Å². The number of nitrogens with two attached hydrogens (primary N) is 1. The molecule has 2 aromatic heterocycles. The molecular formula is C19H23N5O3. The van der Waals surface area contributed by atoms with Crippen LogP contribution in [0.5, 0.6) is 0 Å². The molecule has 8 nitrogen and oxygen atoms in total. The molecule has 3 amide bonds. The molecule has 0 spiro atoms. The van der Waals surface area contributed by atoms with E-state index in [1.165, 1.54) is 24.0 Å². The maximum Gasteiger partial charge on any atom is 0.313 e. The highest BCUT2D eigenvalue weighted by Gasteiger charge is 2.15. The van der Waals surface area contributed by atoms with Crippen LogP contribution in [0.25, 0.3) is 0 Å². The van der Waals surface area contributed by atoms with Gasteiger partial charge in [0.2, 0.25) is 5.91 Å². The van der Waals surface area contributed by atoms with Crippen molar-refractivity contribution in [3.05, 3.63) is 54.1 Å². The minimum atomic E-state index is -0.819. The van der Waals surface area contributed by atoms with Crippen LogP contribution in [-0.4, -0.2) is 34.2 Å². The van der Waals surface area contributed by atoms with E-state index >= 15 is 0 Å². The van der Waals surface area contributed by atoms with E-state index in [1.807, 2.05) is 25.3 Å². The lowest BCUT2D eigenvalue weighted by Crippen LogP contribution is -2.37. The maximum atomic E-state index is 11.9. The number of anilines is 1. The quantitative estimate of drug-likeness (QED) is 0.604. The van der Waals surface area contributed by atoms with Gasteiger partial charge in [0.15, 0.2) is 0 Å². The highest BCUT2D eigenvalue weighted by atomic mass is 16.2. The first kappa shape index (κ1) is 20.0. The van der Waals surface area contributed by atoms with Gasteiger partial charge in [-0.15, -0.1) is 0 Å². The van der Waals surface area contributed by atoms with Crippen molar-refractivity contribution >= 4 is 23.4 Å². The summed E-state index contributed by atoms with van der Waals surface area (Å²) in [7, 11) is 0. The molecule has 0 bridgehead atoms. The summed E-state index contributed by atoms with van der Waals surface area (Å²) in [5.41, 5.74) is 6.72. The molecule has 2 aromatic rings. The number of aryl methyl sites for hydroxylation is 1. The molecule has 0 aliphatic carbocycles. The van der Waals surface area contributed by atoms with Gasteiger partial charge < -0.3 is 16.4 Å². The normalized spacial score (nSPS) is 11.4. The monoisotopic (exact) mass is 369 g/mol. The number of pyridine rings is 2. The van der Waals surface area contributed by atoms with Gasteiger partial charge in [-0.3, -0.25) is 24.4 Å². The van der Waals surface area contributed by atoms with Crippen molar-refractivity contribution in [2.45, 2.75) is 26.2 Å². The number of nitrogens with zero attached hydrogens (tertiary/aromatic N) is 2. The third-order valence-corrected chi connectivity index (χ3v) is 3.98. The predicted octanol–water partition coefficient (Wildman–Crippen LogP) is 1.29. The summed E-state index contributed by atoms with van der Waals surface area (Å²) >= 11 is 0. The Kier molecular flexibility index (Phi) is 7.42. The second kappa shape index (κ2) is 10.0. The summed E-state index contributed by atoms with van der Waals surface area (Å²) in [6, 6.07) is 5.31. The Balaban J connectivity index is 1.71. The average molecular weight is 369 g/mol. The number of nitrogens with one attached hydrogen (secondary N) is 2. The van der Waals surface area contributed by atoms with E-state index in [2.05, 4.69) is 20.6 Å². The lowest BCUT2D eigenvalue weighted by atomic mass is 10.0. The first-order chi connectivity index (χ1) is 13.0. The maximum absolute atomic E-state index is 11.9. The van der Waals surface area contributed by atoms with Gasteiger partial charge in [0, 0.05) is 25.1 Å². The van der Waals surface area contributed by atoms with Gasteiger partial charge in [0.05, 0.1) is 17.4 Å². The Morgan fingerprint density at radius 3 is 2.67 bits per heavy atom. The summed E-state index contributed by atoms with van der Waals surface area (Å²) < 4.78 is 0. The third-order valence-electron chi connectivity index (χ3n) is 3.98. The summed E-state index contributed by atoms with van der Waals surface area (Å²) in [5, 5.41) is 5.01. The van der Waals surface area contributed by atoms with Crippen molar-refractivity contribution in [3.8, 4) is 0 Å². The van der Waals surface area contributed by atoms with E-state index in [0.717, 1.165) is 19.3 Å². The number of rotatable bonds is 8. The fraction of sp³-hybridized carbons (Fsp3) is 0.316. The van der Waals surface area contributed by atoms with Crippen molar-refractivity contribution in [2.24, 2.45) is 11.7 Å². The Hall–Kier alpha value is -3.29. The van der Waals surface area contributed by atoms with E-state index in [4.69, 9.17) is 5.73 Å². The van der Waals surface area contributed by atoms with Crippen LogP contribution >= 0.6 is 0 Å². The van der Waals surface area contributed by atoms with Gasteiger partial charge in [0.25, 0.3) is 0 Å². The summed E-state index contributed by atoms with van der Waals surface area (Å²) in [4.78, 5) is 42.8. The van der Waals surface area contributed by atoms with E-state index in [-0.39, 0.29) is 17.2 Å². The number of hydrogen-bond donors (Lipinski definition) is 3. The van der Waals surface area contributed by atoms with Crippen LogP contribution in [0.2, 0.25) is 0 Å². The lowest BCUT2D eigenvalue weighted by Gasteiger charge is -2.12. The van der Waals surface area contributed by atoms with E-state index in [9.17, 15) is 14.4 Å². The fourth-order valence-electron chi connectivity index (χ4n) is 2.48. The molecule has 0 saturated heterocycles. The van der Waals surface area contributed by atoms with Crippen molar-refractivity contribution in [1.29, 1.82) is 0 Å². The highest BCUT2D eigenvalue weighted by Crippen LogP contribution is 2.10. The van der Waals surface area contributed by atoms with Gasteiger partial charge in [-0.1, -0.05) is 13.0 Å². The molecular weight excluding hydrogens is 346 g/mol. The Morgan fingerprint density at radius 2 is 1.96 bits per heavy atom. The van der Waals surface area contributed by atoms with E-state index in [0.29, 0.717) is 6.54 Å². The Morgan fingerprint density at radius 1 is 1.15 bits per heavy atom. The Bertz CT molecular complexity index is 795. The molecule has 0 aliphatic heterocycles. The number of carbonyl (C=O) groups excluding carboxylic acids is 3. The average Bonchev–Trinajstić information content (AvgIpc) is 2.67. The standard InChI is InChI=1S/C19H23N5O3/c1-13(4-2-5-14-6-3-7-21-10-14)9-23-18(26)19(27)24-16-8-15(17(20)25)11-22-12-16/h3,6-8,10-13H,2,4-5,9H2,1H3,(H2,20,25)(H,23,26)(H,24,27)/t13-/m1/s1. The van der Waals surface area contributed by atoms with Crippen molar-refractivity contribution in [3.63, 3.8) is 0 Å². The molecule has 2 heterocycles. The van der Waals surface area contributed by atoms with Crippen molar-refractivity contribution < 1.29 is 14.4 Å². The molecule has 0 aromatic carbocycles. The van der Waals surface area contributed by atoms with Gasteiger partial charge in [-0.2, -0.15) is 0 Å². The van der Waals surface area contributed by atoms with E-state index < -0.39 is 17.7 Å². The van der Waals surface area contributed by atoms with Gasteiger partial charge in [-0.05, 0) is 42.9 Å². The largest absolute Gasteiger partial charge is 0.366 e. The summed E-state index contributed by atoms with van der Waals surface area (Å²) in [6.45, 7) is 2.42. The molecule has 0 fully saturated rings. The molecule has 8 heteroatoms. The number of primary amides is 1. The number of aromatic nitrogens is 2. The molecule has 27 heavy (non-hydrogen) atoms. The second-order valence-corrected chi connectivity index (χ2v) is 6.35. The molecule has 142 valence electrons. The minimum absolute atomic E-state index is 0.149. The molecule has 0 aliphatic rings. The molecule has 2 rings (SSSR count). The first-order valence-electron chi connectivity index (χ1n) is 8.68. The smallest absolute Gasteiger partial charge is 0.313 e. The highest BCUT2D eigenvalue weighted by molar-refractivity contribution is 6.39. The Labute approximate surface area is 157 Å². The fourth-order valence-corrected chi connectivity index (χ4v) is 2.48. The van der Waals surface area contributed by atoms with Crippen LogP contribution < -0.4 is 16.4 Å². The molecule has 0 radical (unpaired) electrons. The van der Waals surface area contributed by atoms with Gasteiger partial charge >= 0.3 is 11.8 Å². The predicted molar refractivity (Wildman–Crippen MR) is 101 cm³/mol. The first-order valence-corrected chi connectivity index (χ1v) is 8.68. The number of carbonyl (C=O) groups is 3. The van der Waals surface area contributed by atoms with Crippen LogP contribution in [-0.2, 0) is 16.0 Å². The zero-order valence-electron chi connectivity index (χ0n) is 15.1. The van der Waals surface area contributed by atoms with Gasteiger partial charge in [0.1, 0.15) is 0 Å². The third kappa shape index (κ3) is 6.85. The van der Waals surface area contributed by atoms with Crippen LogP contribution in [0.4, 0.5) is 5.69 Å². The number of hydrogen-bond acceptors (Lipinski definition) is 5. The topological polar surface area (TPSA) is 127 Å². The van der Waals surface area contributed by atoms with Crippen molar-refractivity contribution in [1.82, 2.24) is 15.3 Å². The van der Waals surface area contributed by atoms with E-state index in [1.54, 1.807) is 6.20 Å². The van der Waals surface area contributed by atoms with Crippen LogP contribution in [0.15, 0.2) is 43.0 Å². The SMILES string of the molecule is C[C@H](CCCc1cccnc1)CNC(=O)C(=O)Nc1cncc(C(N)=O)c1. The number of amides is 3. The summed E-state index contributed by atoms with van der Waals surface area (Å²) in [5.74, 6) is -1.99. The molecule has 1 atom stereocenters.